The van der Waals surface area contributed by atoms with Crippen LogP contribution in [0.15, 0.2) is 23.2 Å². The summed E-state index contributed by atoms with van der Waals surface area (Å²) in [5.41, 5.74) is 2.30. The van der Waals surface area contributed by atoms with Crippen molar-refractivity contribution in [3.05, 3.63) is 29.3 Å². The van der Waals surface area contributed by atoms with Crippen LogP contribution in [0.25, 0.3) is 0 Å². The molecule has 0 aliphatic carbocycles. The minimum Gasteiger partial charge on any atom is -0.465 e. The second-order valence-corrected chi connectivity index (χ2v) is 5.64. The van der Waals surface area contributed by atoms with Gasteiger partial charge in [-0.3, -0.25) is 0 Å². The Morgan fingerprint density at radius 1 is 1.45 bits per heavy atom. The van der Waals surface area contributed by atoms with E-state index in [4.69, 9.17) is 5.11 Å². The predicted molar refractivity (Wildman–Crippen MR) is 84.6 cm³/mol. The van der Waals surface area contributed by atoms with Gasteiger partial charge in [0.05, 0.1) is 17.6 Å². The van der Waals surface area contributed by atoms with Crippen molar-refractivity contribution in [3.8, 4) is 6.07 Å². The fourth-order valence-electron chi connectivity index (χ4n) is 2.59. The summed E-state index contributed by atoms with van der Waals surface area (Å²) in [5.74, 6) is 0.301. The minimum atomic E-state index is -0.857. The molecule has 1 N–H and O–H groups in total. The lowest BCUT2D eigenvalue weighted by atomic mass is 9.88. The number of amides is 1. The molecule has 1 aliphatic heterocycles. The molecule has 0 spiro atoms. The Bertz CT molecular complexity index is 611. The summed E-state index contributed by atoms with van der Waals surface area (Å²) < 4.78 is 0. The average Bonchev–Trinajstić information content (AvgIpc) is 2.52. The first kappa shape index (κ1) is 15.8. The molecule has 0 unspecified atom stereocenters. The summed E-state index contributed by atoms with van der Waals surface area (Å²) in [6.45, 7) is 1.09. The number of carboxylic acid groups (broad SMARTS) is 1. The van der Waals surface area contributed by atoms with Crippen molar-refractivity contribution in [1.29, 1.82) is 5.26 Å². The van der Waals surface area contributed by atoms with E-state index in [-0.39, 0.29) is 0 Å². The standard InChI is InChI=1S/C16H20N4O2/c1-19(2)11-18-15-4-3-13(9-14(15)10-17)12-5-7-20(8-6-12)16(21)22/h3-4,9,11-12H,5-8H2,1-2H3,(H,21,22). The molecule has 0 aromatic heterocycles. The Balaban J connectivity index is 2.14. The normalized spacial score (nSPS) is 15.8. The van der Waals surface area contributed by atoms with Crippen LogP contribution in [0, 0.1) is 11.3 Å². The average molecular weight is 300 g/mol. The first-order valence-electron chi connectivity index (χ1n) is 7.24. The highest BCUT2D eigenvalue weighted by Crippen LogP contribution is 2.31. The van der Waals surface area contributed by atoms with Gasteiger partial charge in [-0.1, -0.05) is 6.07 Å². The van der Waals surface area contributed by atoms with Crippen molar-refractivity contribution in [2.75, 3.05) is 27.2 Å². The number of aliphatic imine (C=N–C) groups is 1. The number of hydrogen-bond donors (Lipinski definition) is 1. The van der Waals surface area contributed by atoms with E-state index >= 15 is 0 Å². The van der Waals surface area contributed by atoms with Gasteiger partial charge in [-0.2, -0.15) is 5.26 Å². The van der Waals surface area contributed by atoms with E-state index in [0.29, 0.717) is 30.3 Å². The van der Waals surface area contributed by atoms with Crippen molar-refractivity contribution in [3.63, 3.8) is 0 Å². The van der Waals surface area contributed by atoms with E-state index < -0.39 is 6.09 Å². The fourth-order valence-corrected chi connectivity index (χ4v) is 2.59. The summed E-state index contributed by atoms with van der Waals surface area (Å²) >= 11 is 0. The quantitative estimate of drug-likeness (QED) is 0.687. The third-order valence-corrected chi connectivity index (χ3v) is 3.81. The third kappa shape index (κ3) is 3.76. The van der Waals surface area contributed by atoms with E-state index in [0.717, 1.165) is 18.4 Å². The van der Waals surface area contributed by atoms with Crippen LogP contribution in [0.2, 0.25) is 0 Å². The lowest BCUT2D eigenvalue weighted by molar-refractivity contribution is 0.132. The Morgan fingerprint density at radius 2 is 2.14 bits per heavy atom. The topological polar surface area (TPSA) is 79.9 Å². The van der Waals surface area contributed by atoms with Crippen LogP contribution < -0.4 is 0 Å². The number of benzene rings is 1. The van der Waals surface area contributed by atoms with Gasteiger partial charge in [0.25, 0.3) is 0 Å². The first-order chi connectivity index (χ1) is 10.5. The minimum absolute atomic E-state index is 0.301. The molecule has 1 aromatic carbocycles. The van der Waals surface area contributed by atoms with E-state index in [1.54, 1.807) is 6.34 Å². The molecule has 0 bridgehead atoms. The Morgan fingerprint density at radius 3 is 2.68 bits per heavy atom. The molecule has 116 valence electrons. The van der Waals surface area contributed by atoms with E-state index in [2.05, 4.69) is 11.1 Å². The summed E-state index contributed by atoms with van der Waals surface area (Å²) in [7, 11) is 3.75. The molecular weight excluding hydrogens is 280 g/mol. The van der Waals surface area contributed by atoms with Crippen LogP contribution in [0.4, 0.5) is 10.5 Å². The number of rotatable bonds is 3. The van der Waals surface area contributed by atoms with Gasteiger partial charge < -0.3 is 14.9 Å². The van der Waals surface area contributed by atoms with Crippen LogP contribution in [-0.2, 0) is 0 Å². The maximum absolute atomic E-state index is 10.9. The molecule has 1 amide bonds. The van der Waals surface area contributed by atoms with Gasteiger partial charge in [-0.05, 0) is 36.5 Å². The van der Waals surface area contributed by atoms with Gasteiger partial charge in [-0.15, -0.1) is 0 Å². The maximum Gasteiger partial charge on any atom is 0.407 e. The number of nitriles is 1. The molecule has 0 radical (unpaired) electrons. The highest BCUT2D eigenvalue weighted by atomic mass is 16.4. The van der Waals surface area contributed by atoms with Crippen LogP contribution in [0.3, 0.4) is 0 Å². The summed E-state index contributed by atoms with van der Waals surface area (Å²) in [6, 6.07) is 7.92. The SMILES string of the molecule is CN(C)C=Nc1ccc(C2CCN(C(=O)O)CC2)cc1C#N. The molecular formula is C16H20N4O2. The smallest absolute Gasteiger partial charge is 0.407 e. The van der Waals surface area contributed by atoms with Gasteiger partial charge in [-0.25, -0.2) is 9.79 Å². The third-order valence-electron chi connectivity index (χ3n) is 3.81. The maximum atomic E-state index is 10.9. The van der Waals surface area contributed by atoms with E-state index in [1.165, 1.54) is 4.90 Å². The van der Waals surface area contributed by atoms with Crippen LogP contribution in [0.1, 0.15) is 29.9 Å². The van der Waals surface area contributed by atoms with Crippen molar-refractivity contribution in [1.82, 2.24) is 9.80 Å². The van der Waals surface area contributed by atoms with Crippen molar-refractivity contribution in [2.45, 2.75) is 18.8 Å². The Kier molecular flexibility index (Phi) is 4.99. The number of carbonyl (C=O) groups is 1. The summed E-state index contributed by atoms with van der Waals surface area (Å²) in [5, 5.41) is 18.3. The number of nitrogens with zero attached hydrogens (tertiary/aromatic N) is 4. The molecule has 1 aliphatic rings. The fraction of sp³-hybridized carbons (Fsp3) is 0.438. The second kappa shape index (κ2) is 6.94. The van der Waals surface area contributed by atoms with Crippen molar-refractivity contribution in [2.24, 2.45) is 4.99 Å². The molecule has 1 aromatic rings. The monoisotopic (exact) mass is 300 g/mol. The predicted octanol–water partition coefficient (Wildman–Crippen LogP) is 2.64. The van der Waals surface area contributed by atoms with Crippen molar-refractivity contribution < 1.29 is 9.90 Å². The van der Waals surface area contributed by atoms with Crippen LogP contribution in [0.5, 0.6) is 0 Å². The van der Waals surface area contributed by atoms with Gasteiger partial charge in [0.15, 0.2) is 0 Å². The zero-order chi connectivity index (χ0) is 16.1. The van der Waals surface area contributed by atoms with Gasteiger partial charge in [0.2, 0.25) is 0 Å². The molecule has 1 fully saturated rings. The van der Waals surface area contributed by atoms with Crippen LogP contribution >= 0.6 is 0 Å². The zero-order valence-electron chi connectivity index (χ0n) is 12.9. The lowest BCUT2D eigenvalue weighted by Gasteiger charge is -2.30. The molecule has 1 heterocycles. The highest BCUT2D eigenvalue weighted by molar-refractivity contribution is 5.66. The number of hydrogen-bond acceptors (Lipinski definition) is 3. The Labute approximate surface area is 130 Å². The van der Waals surface area contributed by atoms with E-state index in [1.807, 2.05) is 37.2 Å². The van der Waals surface area contributed by atoms with E-state index in [9.17, 15) is 10.1 Å². The van der Waals surface area contributed by atoms with Gasteiger partial charge in [0.1, 0.15) is 6.07 Å². The number of piperidine rings is 1. The summed E-state index contributed by atoms with van der Waals surface area (Å²) in [4.78, 5) is 18.5. The van der Waals surface area contributed by atoms with Gasteiger partial charge in [0, 0.05) is 27.2 Å². The largest absolute Gasteiger partial charge is 0.465 e. The van der Waals surface area contributed by atoms with Crippen molar-refractivity contribution >= 4 is 18.1 Å². The molecule has 0 atom stereocenters. The second-order valence-electron chi connectivity index (χ2n) is 5.64. The molecule has 1 saturated heterocycles. The Hall–Kier alpha value is -2.55. The molecule has 0 saturated carbocycles. The lowest BCUT2D eigenvalue weighted by Crippen LogP contribution is -2.36. The molecule has 6 heteroatoms. The highest BCUT2D eigenvalue weighted by Gasteiger charge is 2.23. The van der Waals surface area contributed by atoms with Crippen LogP contribution in [-0.4, -0.2) is 54.5 Å². The molecule has 2 rings (SSSR count). The summed E-state index contributed by atoms with van der Waals surface area (Å²) in [6.07, 6.45) is 2.39. The van der Waals surface area contributed by atoms with Gasteiger partial charge >= 0.3 is 6.09 Å². The zero-order valence-corrected chi connectivity index (χ0v) is 12.9. The number of likely N-dealkylation sites (tertiary alicyclic amines) is 1. The molecule has 22 heavy (non-hydrogen) atoms. The first-order valence-corrected chi connectivity index (χ1v) is 7.24. The molecule has 6 nitrogen and oxygen atoms in total.